The van der Waals surface area contributed by atoms with Crippen LogP contribution in [-0.2, 0) is 14.3 Å². The Kier molecular flexibility index (Phi) is 3.96. The van der Waals surface area contributed by atoms with E-state index in [-0.39, 0.29) is 17.9 Å². The Labute approximate surface area is 101 Å². The van der Waals surface area contributed by atoms with Crippen LogP contribution in [0.2, 0.25) is 0 Å². The Bertz CT molecular complexity index is 302. The Morgan fingerprint density at radius 2 is 1.76 bits per heavy atom. The summed E-state index contributed by atoms with van der Waals surface area (Å²) in [5.41, 5.74) is 0. The minimum Gasteiger partial charge on any atom is -0.375 e. The van der Waals surface area contributed by atoms with E-state index < -0.39 is 0 Å². The van der Waals surface area contributed by atoms with Gasteiger partial charge in [-0.1, -0.05) is 0 Å². The second-order valence-electron chi connectivity index (χ2n) is 4.47. The fourth-order valence-corrected chi connectivity index (χ4v) is 2.14. The first-order valence-electron chi connectivity index (χ1n) is 6.09. The highest BCUT2D eigenvalue weighted by Gasteiger charge is 2.30. The smallest absolute Gasteiger partial charge is 0.312 e. The highest BCUT2D eigenvalue weighted by molar-refractivity contribution is 6.34. The van der Waals surface area contributed by atoms with E-state index in [2.05, 4.69) is 5.32 Å². The van der Waals surface area contributed by atoms with Crippen molar-refractivity contribution in [1.29, 1.82) is 0 Å². The summed E-state index contributed by atoms with van der Waals surface area (Å²) >= 11 is 0. The van der Waals surface area contributed by atoms with Crippen molar-refractivity contribution in [2.45, 2.75) is 13.0 Å². The lowest BCUT2D eigenvalue weighted by atomic mass is 10.2. The van der Waals surface area contributed by atoms with E-state index in [1.807, 2.05) is 6.92 Å². The van der Waals surface area contributed by atoms with E-state index in [1.165, 1.54) is 0 Å². The molecule has 1 unspecified atom stereocenters. The Morgan fingerprint density at radius 1 is 1.12 bits per heavy atom. The highest BCUT2D eigenvalue weighted by atomic mass is 16.5. The summed E-state index contributed by atoms with van der Waals surface area (Å²) in [6.45, 7) is 6.21. The van der Waals surface area contributed by atoms with E-state index >= 15 is 0 Å². The number of carbonyl (C=O) groups excluding carboxylic acids is 2. The van der Waals surface area contributed by atoms with E-state index in [9.17, 15) is 9.59 Å². The molecule has 2 fully saturated rings. The quantitative estimate of drug-likeness (QED) is 0.534. The molecule has 0 aromatic carbocycles. The second kappa shape index (κ2) is 5.46. The summed E-state index contributed by atoms with van der Waals surface area (Å²) in [6, 6.07) is 0. The van der Waals surface area contributed by atoms with Gasteiger partial charge in [-0.2, -0.15) is 0 Å². The fraction of sp³-hybridized carbons (Fsp3) is 0.818. The zero-order valence-corrected chi connectivity index (χ0v) is 10.1. The van der Waals surface area contributed by atoms with Crippen molar-refractivity contribution >= 4 is 11.8 Å². The normalized spacial score (nSPS) is 25.8. The van der Waals surface area contributed by atoms with Crippen LogP contribution in [0.4, 0.5) is 0 Å². The van der Waals surface area contributed by atoms with Crippen LogP contribution in [0.25, 0.3) is 0 Å². The van der Waals surface area contributed by atoms with Gasteiger partial charge in [0.25, 0.3) is 0 Å². The molecule has 0 bridgehead atoms. The van der Waals surface area contributed by atoms with Gasteiger partial charge in [-0.25, -0.2) is 0 Å². The lowest BCUT2D eigenvalue weighted by molar-refractivity contribution is -0.155. The van der Waals surface area contributed by atoms with Crippen LogP contribution in [0, 0.1) is 0 Å². The average molecular weight is 241 g/mol. The van der Waals surface area contributed by atoms with Crippen LogP contribution >= 0.6 is 0 Å². The number of nitrogens with zero attached hydrogens (tertiary/aromatic N) is 2. The van der Waals surface area contributed by atoms with Crippen molar-refractivity contribution in [3.8, 4) is 0 Å². The number of hydrogen-bond donors (Lipinski definition) is 1. The Balaban J connectivity index is 1.91. The first-order valence-corrected chi connectivity index (χ1v) is 6.09. The molecule has 96 valence electrons. The van der Waals surface area contributed by atoms with Crippen molar-refractivity contribution in [2.75, 3.05) is 45.9 Å². The van der Waals surface area contributed by atoms with Gasteiger partial charge in [0.05, 0.1) is 12.7 Å². The third-order valence-corrected chi connectivity index (χ3v) is 3.12. The zero-order valence-electron chi connectivity index (χ0n) is 10.1. The van der Waals surface area contributed by atoms with Gasteiger partial charge in [-0.05, 0) is 6.92 Å². The fourth-order valence-electron chi connectivity index (χ4n) is 2.14. The summed E-state index contributed by atoms with van der Waals surface area (Å²) in [6.07, 6.45) is 0.0172. The third-order valence-electron chi connectivity index (χ3n) is 3.12. The molecule has 6 heteroatoms. The lowest BCUT2D eigenvalue weighted by Crippen LogP contribution is -2.54. The molecule has 0 spiro atoms. The summed E-state index contributed by atoms with van der Waals surface area (Å²) < 4.78 is 5.35. The Hall–Kier alpha value is -1.14. The predicted molar refractivity (Wildman–Crippen MR) is 61.4 cm³/mol. The van der Waals surface area contributed by atoms with Crippen molar-refractivity contribution in [3.63, 3.8) is 0 Å². The van der Waals surface area contributed by atoms with Crippen LogP contribution in [-0.4, -0.2) is 73.6 Å². The zero-order chi connectivity index (χ0) is 12.3. The van der Waals surface area contributed by atoms with E-state index in [4.69, 9.17) is 4.74 Å². The molecule has 2 aliphatic rings. The molecule has 0 radical (unpaired) electrons. The van der Waals surface area contributed by atoms with Gasteiger partial charge in [0.15, 0.2) is 0 Å². The molecule has 2 amide bonds. The van der Waals surface area contributed by atoms with Gasteiger partial charge in [-0.3, -0.25) is 9.59 Å². The molecule has 17 heavy (non-hydrogen) atoms. The van der Waals surface area contributed by atoms with Gasteiger partial charge < -0.3 is 19.9 Å². The van der Waals surface area contributed by atoms with Crippen molar-refractivity contribution in [3.05, 3.63) is 0 Å². The van der Waals surface area contributed by atoms with Crippen LogP contribution in [0.1, 0.15) is 6.92 Å². The molecule has 1 atom stereocenters. The largest absolute Gasteiger partial charge is 0.375 e. The topological polar surface area (TPSA) is 61.9 Å². The van der Waals surface area contributed by atoms with Gasteiger partial charge in [-0.15, -0.1) is 0 Å². The van der Waals surface area contributed by atoms with Crippen molar-refractivity contribution in [1.82, 2.24) is 15.1 Å². The van der Waals surface area contributed by atoms with Crippen LogP contribution in [0.3, 0.4) is 0 Å². The number of nitrogens with one attached hydrogen (secondary N) is 1. The highest BCUT2D eigenvalue weighted by Crippen LogP contribution is 2.06. The maximum atomic E-state index is 12.0. The molecular weight excluding hydrogens is 222 g/mol. The van der Waals surface area contributed by atoms with Crippen molar-refractivity contribution in [2.24, 2.45) is 0 Å². The average Bonchev–Trinajstić information content (AvgIpc) is 2.38. The summed E-state index contributed by atoms with van der Waals surface area (Å²) in [7, 11) is 0. The molecule has 2 aliphatic heterocycles. The molecular formula is C11H19N3O3. The van der Waals surface area contributed by atoms with E-state index in [0.29, 0.717) is 32.8 Å². The van der Waals surface area contributed by atoms with E-state index in [0.717, 1.165) is 13.1 Å². The first kappa shape index (κ1) is 12.3. The summed E-state index contributed by atoms with van der Waals surface area (Å²) in [4.78, 5) is 27.2. The molecule has 6 nitrogen and oxygen atoms in total. The molecule has 1 N–H and O–H groups in total. The molecule has 0 aliphatic carbocycles. The van der Waals surface area contributed by atoms with E-state index in [1.54, 1.807) is 9.80 Å². The standard InChI is InChI=1S/C11H19N3O3/c1-9-8-14(6-7-17-9)11(16)10(15)13-4-2-12-3-5-13/h9,12H,2-8H2,1H3. The SMILES string of the molecule is CC1CN(C(=O)C(=O)N2CCNCC2)CCO1. The monoisotopic (exact) mass is 241 g/mol. The summed E-state index contributed by atoms with van der Waals surface area (Å²) in [5, 5.41) is 3.16. The maximum absolute atomic E-state index is 12.0. The number of rotatable bonds is 0. The number of amides is 2. The van der Waals surface area contributed by atoms with Crippen molar-refractivity contribution < 1.29 is 14.3 Å². The number of hydrogen-bond acceptors (Lipinski definition) is 4. The lowest BCUT2D eigenvalue weighted by Gasteiger charge is -2.33. The molecule has 2 heterocycles. The van der Waals surface area contributed by atoms with Gasteiger partial charge in [0.2, 0.25) is 0 Å². The second-order valence-corrected chi connectivity index (χ2v) is 4.47. The van der Waals surface area contributed by atoms with Gasteiger partial charge in [0, 0.05) is 39.3 Å². The molecule has 0 aromatic heterocycles. The number of morpholine rings is 1. The minimum absolute atomic E-state index is 0.0172. The minimum atomic E-state index is -0.387. The van der Waals surface area contributed by atoms with Crippen LogP contribution < -0.4 is 5.32 Å². The predicted octanol–water partition coefficient (Wildman–Crippen LogP) is -1.33. The van der Waals surface area contributed by atoms with Crippen LogP contribution in [0.15, 0.2) is 0 Å². The third kappa shape index (κ3) is 2.95. The molecule has 0 aromatic rings. The first-order chi connectivity index (χ1) is 8.18. The number of piperazine rings is 1. The van der Waals surface area contributed by atoms with Crippen LogP contribution in [0.5, 0.6) is 0 Å². The van der Waals surface area contributed by atoms with Gasteiger partial charge >= 0.3 is 11.8 Å². The summed E-state index contributed by atoms with van der Waals surface area (Å²) in [5.74, 6) is -0.761. The van der Waals surface area contributed by atoms with Gasteiger partial charge in [0.1, 0.15) is 0 Å². The Morgan fingerprint density at radius 3 is 2.41 bits per heavy atom. The maximum Gasteiger partial charge on any atom is 0.312 e. The number of ether oxygens (including phenoxy) is 1. The molecule has 2 rings (SSSR count). The number of carbonyl (C=O) groups is 2. The molecule has 2 saturated heterocycles. The molecule has 0 saturated carbocycles.